The van der Waals surface area contributed by atoms with Crippen molar-refractivity contribution in [3.63, 3.8) is 0 Å². The topological polar surface area (TPSA) is 55.6 Å². The lowest BCUT2D eigenvalue weighted by molar-refractivity contribution is -0.149. The van der Waals surface area contributed by atoms with Crippen molar-refractivity contribution in [2.45, 2.75) is 12.6 Å². The number of benzene rings is 1. The molecule has 86 valence electrons. The maximum atomic E-state index is 11.6. The van der Waals surface area contributed by atoms with Gasteiger partial charge in [-0.05, 0) is 5.56 Å². The van der Waals surface area contributed by atoms with E-state index in [-0.39, 0.29) is 18.6 Å². The molecule has 16 heavy (non-hydrogen) atoms. The van der Waals surface area contributed by atoms with Crippen LogP contribution in [0.15, 0.2) is 30.3 Å². The second-order valence-corrected chi connectivity index (χ2v) is 3.93. The zero-order valence-corrected chi connectivity index (χ0v) is 9.13. The highest BCUT2D eigenvalue weighted by Gasteiger charge is 2.25. The van der Waals surface area contributed by atoms with Gasteiger partial charge < -0.3 is 15.4 Å². The van der Waals surface area contributed by atoms with Crippen molar-refractivity contribution >= 4 is 5.91 Å². The van der Waals surface area contributed by atoms with Crippen LogP contribution in [-0.2, 0) is 16.1 Å². The number of morpholine rings is 1. The second-order valence-electron chi connectivity index (χ2n) is 3.93. The number of rotatable bonds is 3. The monoisotopic (exact) mass is 220 g/mol. The van der Waals surface area contributed by atoms with Crippen LogP contribution >= 0.6 is 0 Å². The van der Waals surface area contributed by atoms with E-state index in [1.54, 1.807) is 4.90 Å². The van der Waals surface area contributed by atoms with E-state index < -0.39 is 0 Å². The minimum atomic E-state index is -0.0265. The highest BCUT2D eigenvalue weighted by atomic mass is 16.5. The largest absolute Gasteiger partial charge is 0.365 e. The molecule has 1 unspecified atom stereocenters. The van der Waals surface area contributed by atoms with Gasteiger partial charge in [-0.1, -0.05) is 30.3 Å². The van der Waals surface area contributed by atoms with Gasteiger partial charge in [-0.2, -0.15) is 0 Å². The third-order valence-electron chi connectivity index (χ3n) is 2.70. The minimum Gasteiger partial charge on any atom is -0.365 e. The van der Waals surface area contributed by atoms with E-state index in [4.69, 9.17) is 10.5 Å². The fourth-order valence-electron chi connectivity index (χ4n) is 1.78. The predicted octanol–water partition coefficient (Wildman–Crippen LogP) is 0.373. The number of amides is 1. The highest BCUT2D eigenvalue weighted by Crippen LogP contribution is 2.10. The Morgan fingerprint density at radius 1 is 1.38 bits per heavy atom. The van der Waals surface area contributed by atoms with Crippen molar-refractivity contribution < 1.29 is 9.53 Å². The van der Waals surface area contributed by atoms with Crippen LogP contribution in [0, 0.1) is 0 Å². The van der Waals surface area contributed by atoms with Crippen molar-refractivity contribution in [2.75, 3.05) is 19.7 Å². The first kappa shape index (κ1) is 11.1. The molecule has 1 aliphatic heterocycles. The first-order chi connectivity index (χ1) is 7.79. The Bertz CT molecular complexity index is 353. The predicted molar refractivity (Wildman–Crippen MR) is 60.7 cm³/mol. The Labute approximate surface area is 95.0 Å². The van der Waals surface area contributed by atoms with Crippen LogP contribution < -0.4 is 5.73 Å². The van der Waals surface area contributed by atoms with E-state index in [1.165, 1.54) is 0 Å². The first-order valence-electron chi connectivity index (χ1n) is 5.43. The van der Waals surface area contributed by atoms with Crippen LogP contribution in [-0.4, -0.2) is 36.6 Å². The summed E-state index contributed by atoms with van der Waals surface area (Å²) in [6.45, 7) is 1.83. The lowest BCUT2D eigenvalue weighted by atomic mass is 10.2. The Balaban J connectivity index is 2.00. The molecule has 4 nitrogen and oxygen atoms in total. The fraction of sp³-hybridized carbons (Fsp3) is 0.417. The molecule has 0 spiro atoms. The average Bonchev–Trinajstić information content (AvgIpc) is 2.33. The second kappa shape index (κ2) is 5.09. The smallest absolute Gasteiger partial charge is 0.248 e. The van der Waals surface area contributed by atoms with Crippen LogP contribution in [0.4, 0.5) is 0 Å². The van der Waals surface area contributed by atoms with E-state index >= 15 is 0 Å². The Morgan fingerprint density at radius 2 is 2.12 bits per heavy atom. The van der Waals surface area contributed by atoms with Gasteiger partial charge in [0.15, 0.2) is 0 Å². The number of hydrogen-bond acceptors (Lipinski definition) is 3. The molecule has 4 heteroatoms. The molecule has 0 radical (unpaired) electrons. The molecule has 0 bridgehead atoms. The number of nitrogens with zero attached hydrogens (tertiary/aromatic N) is 1. The van der Waals surface area contributed by atoms with Crippen LogP contribution in [0.25, 0.3) is 0 Å². The molecule has 1 heterocycles. The third-order valence-corrected chi connectivity index (χ3v) is 2.70. The van der Waals surface area contributed by atoms with Gasteiger partial charge in [0.2, 0.25) is 5.91 Å². The number of hydrogen-bond donors (Lipinski definition) is 1. The molecule has 1 saturated heterocycles. The summed E-state index contributed by atoms with van der Waals surface area (Å²) in [5.74, 6) is 0.0357. The maximum Gasteiger partial charge on any atom is 0.248 e. The average molecular weight is 220 g/mol. The van der Waals surface area contributed by atoms with Gasteiger partial charge in [-0.15, -0.1) is 0 Å². The fourth-order valence-corrected chi connectivity index (χ4v) is 1.78. The van der Waals surface area contributed by atoms with Crippen molar-refractivity contribution in [2.24, 2.45) is 5.73 Å². The molecule has 2 N–H and O–H groups in total. The highest BCUT2D eigenvalue weighted by molar-refractivity contribution is 5.78. The number of nitrogens with two attached hydrogens (primary N) is 1. The molecular formula is C12H16N2O2. The van der Waals surface area contributed by atoms with Gasteiger partial charge in [-0.3, -0.25) is 4.79 Å². The lowest BCUT2D eigenvalue weighted by Gasteiger charge is -2.32. The summed E-state index contributed by atoms with van der Waals surface area (Å²) in [6, 6.07) is 9.94. The molecular weight excluding hydrogens is 204 g/mol. The van der Waals surface area contributed by atoms with Crippen LogP contribution in [0.5, 0.6) is 0 Å². The Morgan fingerprint density at radius 3 is 2.81 bits per heavy atom. The lowest BCUT2D eigenvalue weighted by Crippen LogP contribution is -2.48. The molecule has 1 aromatic rings. The van der Waals surface area contributed by atoms with Crippen LogP contribution in [0.1, 0.15) is 5.56 Å². The first-order valence-corrected chi connectivity index (χ1v) is 5.43. The summed E-state index contributed by atoms with van der Waals surface area (Å²) in [5, 5.41) is 0. The quantitative estimate of drug-likeness (QED) is 0.801. The van der Waals surface area contributed by atoms with Crippen LogP contribution in [0.2, 0.25) is 0 Å². The zero-order valence-electron chi connectivity index (χ0n) is 9.13. The summed E-state index contributed by atoms with van der Waals surface area (Å²) in [7, 11) is 0. The molecule has 1 atom stereocenters. The normalized spacial score (nSPS) is 21.2. The molecule has 1 fully saturated rings. The summed E-state index contributed by atoms with van der Waals surface area (Å²) >= 11 is 0. The number of ether oxygens (including phenoxy) is 1. The van der Waals surface area contributed by atoms with E-state index in [9.17, 15) is 4.79 Å². The molecule has 1 amide bonds. The number of carbonyl (C=O) groups excluding carboxylic acids is 1. The molecule has 0 aromatic heterocycles. The van der Waals surface area contributed by atoms with E-state index in [0.29, 0.717) is 19.6 Å². The summed E-state index contributed by atoms with van der Waals surface area (Å²) in [5.41, 5.74) is 6.67. The molecule has 1 aromatic carbocycles. The number of carbonyl (C=O) groups is 1. The summed E-state index contributed by atoms with van der Waals surface area (Å²) in [4.78, 5) is 13.4. The molecule has 0 saturated carbocycles. The zero-order chi connectivity index (χ0) is 11.4. The molecule has 1 aliphatic rings. The summed E-state index contributed by atoms with van der Waals surface area (Å²) < 4.78 is 5.29. The van der Waals surface area contributed by atoms with Gasteiger partial charge in [-0.25, -0.2) is 0 Å². The van der Waals surface area contributed by atoms with E-state index in [0.717, 1.165) is 5.56 Å². The SMILES string of the molecule is NCC1CN(Cc2ccccc2)C(=O)CO1. The van der Waals surface area contributed by atoms with Crippen molar-refractivity contribution in [1.82, 2.24) is 4.90 Å². The van der Waals surface area contributed by atoms with Gasteiger partial charge in [0.25, 0.3) is 0 Å². The van der Waals surface area contributed by atoms with Gasteiger partial charge in [0.05, 0.1) is 6.10 Å². The standard InChI is InChI=1S/C12H16N2O2/c13-6-11-8-14(12(15)9-16-11)7-10-4-2-1-3-5-10/h1-5,11H,6-9,13H2. The Kier molecular flexibility index (Phi) is 3.54. The van der Waals surface area contributed by atoms with E-state index in [2.05, 4.69) is 0 Å². The third kappa shape index (κ3) is 2.59. The molecule has 0 aliphatic carbocycles. The van der Waals surface area contributed by atoms with Gasteiger partial charge in [0, 0.05) is 19.6 Å². The van der Waals surface area contributed by atoms with Crippen molar-refractivity contribution in [3.05, 3.63) is 35.9 Å². The minimum absolute atomic E-state index is 0.0265. The van der Waals surface area contributed by atoms with Crippen molar-refractivity contribution in [3.8, 4) is 0 Å². The van der Waals surface area contributed by atoms with Gasteiger partial charge in [0.1, 0.15) is 6.61 Å². The van der Waals surface area contributed by atoms with Crippen molar-refractivity contribution in [1.29, 1.82) is 0 Å². The molecule has 2 rings (SSSR count). The van der Waals surface area contributed by atoms with E-state index in [1.807, 2.05) is 30.3 Å². The summed E-state index contributed by atoms with van der Waals surface area (Å²) in [6.07, 6.45) is -0.0265. The van der Waals surface area contributed by atoms with Crippen LogP contribution in [0.3, 0.4) is 0 Å². The Hall–Kier alpha value is -1.39. The van der Waals surface area contributed by atoms with Gasteiger partial charge >= 0.3 is 0 Å². The maximum absolute atomic E-state index is 11.6.